The van der Waals surface area contributed by atoms with Gasteiger partial charge >= 0.3 is 0 Å². The van der Waals surface area contributed by atoms with Gasteiger partial charge in [-0.15, -0.1) is 0 Å². The maximum atomic E-state index is 11.8. The minimum Gasteiger partial charge on any atom is -0.326 e. The number of rotatable bonds is 3. The molecule has 2 aromatic carbocycles. The molecule has 0 atom stereocenters. The molecule has 0 aliphatic rings. The third-order valence-electron chi connectivity index (χ3n) is 2.58. The van der Waals surface area contributed by atoms with E-state index in [1.165, 1.54) is 0 Å². The zero-order valence-electron chi connectivity index (χ0n) is 10.1. The average Bonchev–Trinajstić information content (AvgIpc) is 2.32. The Kier molecular flexibility index (Phi) is 4.00. The van der Waals surface area contributed by atoms with Gasteiger partial charge in [0.15, 0.2) is 0 Å². The minimum atomic E-state index is -0.0251. The second kappa shape index (κ2) is 5.69. The van der Waals surface area contributed by atoms with Crippen LogP contribution >= 0.6 is 11.6 Å². The van der Waals surface area contributed by atoms with E-state index >= 15 is 0 Å². The van der Waals surface area contributed by atoms with Crippen LogP contribution in [0.25, 0.3) is 0 Å². The van der Waals surface area contributed by atoms with Gasteiger partial charge in [-0.05, 0) is 36.8 Å². The molecule has 0 aliphatic heterocycles. The minimum absolute atomic E-state index is 0.0251. The highest BCUT2D eigenvalue weighted by atomic mass is 35.5. The quantitative estimate of drug-likeness (QED) is 0.892. The van der Waals surface area contributed by atoms with E-state index < -0.39 is 0 Å². The van der Waals surface area contributed by atoms with Gasteiger partial charge in [0, 0.05) is 10.7 Å². The monoisotopic (exact) mass is 259 g/mol. The molecule has 0 unspecified atom stereocenters. The number of carbonyl (C=O) groups excluding carboxylic acids is 1. The number of nitrogens with one attached hydrogen (secondary N) is 1. The summed E-state index contributed by atoms with van der Waals surface area (Å²) in [6.45, 7) is 2.01. The Balaban J connectivity index is 1.98. The third kappa shape index (κ3) is 3.60. The third-order valence-corrected chi connectivity index (χ3v) is 2.83. The summed E-state index contributed by atoms with van der Waals surface area (Å²) in [6.07, 6.45) is 0.379. The predicted octanol–water partition coefficient (Wildman–Crippen LogP) is 3.83. The Bertz CT molecular complexity index is 549. The Labute approximate surface area is 112 Å². The van der Waals surface area contributed by atoms with Gasteiger partial charge in [0.25, 0.3) is 0 Å². The number of aryl methyl sites for hydroxylation is 1. The smallest absolute Gasteiger partial charge is 0.228 e. The van der Waals surface area contributed by atoms with Crippen LogP contribution in [0.15, 0.2) is 48.5 Å². The van der Waals surface area contributed by atoms with Crippen LogP contribution in [0.3, 0.4) is 0 Å². The number of hydrogen-bond donors (Lipinski definition) is 1. The molecule has 0 fully saturated rings. The molecule has 0 aromatic heterocycles. The lowest BCUT2D eigenvalue weighted by molar-refractivity contribution is -0.115. The van der Waals surface area contributed by atoms with E-state index in [1.54, 1.807) is 24.3 Å². The fourth-order valence-electron chi connectivity index (χ4n) is 1.75. The number of benzene rings is 2. The molecule has 0 saturated carbocycles. The molecule has 0 saturated heterocycles. The Morgan fingerprint density at radius 2 is 1.89 bits per heavy atom. The maximum Gasteiger partial charge on any atom is 0.228 e. The molecule has 2 aromatic rings. The molecule has 3 heteroatoms. The van der Waals surface area contributed by atoms with Crippen molar-refractivity contribution in [3.05, 3.63) is 64.7 Å². The average molecular weight is 260 g/mol. The van der Waals surface area contributed by atoms with Crippen LogP contribution < -0.4 is 5.32 Å². The van der Waals surface area contributed by atoms with Gasteiger partial charge in [0.1, 0.15) is 0 Å². The van der Waals surface area contributed by atoms with Gasteiger partial charge in [0.05, 0.1) is 6.42 Å². The van der Waals surface area contributed by atoms with Crippen molar-refractivity contribution in [2.24, 2.45) is 0 Å². The van der Waals surface area contributed by atoms with Gasteiger partial charge in [-0.25, -0.2) is 0 Å². The number of halogens is 1. The number of anilines is 1. The van der Waals surface area contributed by atoms with E-state index in [2.05, 4.69) is 5.32 Å². The van der Waals surface area contributed by atoms with Gasteiger partial charge < -0.3 is 5.32 Å². The van der Waals surface area contributed by atoms with Crippen molar-refractivity contribution in [3.8, 4) is 0 Å². The van der Waals surface area contributed by atoms with E-state index in [0.29, 0.717) is 11.4 Å². The topological polar surface area (TPSA) is 29.1 Å². The number of carbonyl (C=O) groups is 1. The van der Waals surface area contributed by atoms with Crippen LogP contribution in [0.2, 0.25) is 5.02 Å². The van der Waals surface area contributed by atoms with E-state index in [4.69, 9.17) is 11.6 Å². The van der Waals surface area contributed by atoms with Crippen molar-refractivity contribution in [2.45, 2.75) is 13.3 Å². The van der Waals surface area contributed by atoms with Crippen LogP contribution in [0.5, 0.6) is 0 Å². The Hall–Kier alpha value is -1.80. The zero-order chi connectivity index (χ0) is 13.0. The summed E-state index contributed by atoms with van der Waals surface area (Å²) < 4.78 is 0. The first-order valence-corrected chi connectivity index (χ1v) is 6.12. The molecular formula is C15H14ClNO. The van der Waals surface area contributed by atoms with Gasteiger partial charge in [-0.3, -0.25) is 4.79 Å². The molecule has 0 aliphatic carbocycles. The standard InChI is InChI=1S/C15H14ClNO/c1-11-3-2-4-12(9-11)10-15(18)17-14-7-5-13(16)6-8-14/h2-9H,10H2,1H3,(H,17,18). The molecule has 92 valence electrons. The van der Waals surface area contributed by atoms with Crippen molar-refractivity contribution in [2.75, 3.05) is 5.32 Å². The lowest BCUT2D eigenvalue weighted by Crippen LogP contribution is -2.14. The first-order chi connectivity index (χ1) is 8.63. The van der Waals surface area contributed by atoms with Crippen LogP contribution in [0, 0.1) is 6.92 Å². The summed E-state index contributed by atoms with van der Waals surface area (Å²) in [6, 6.07) is 15.0. The van der Waals surface area contributed by atoms with E-state index in [1.807, 2.05) is 31.2 Å². The molecular weight excluding hydrogens is 246 g/mol. The fourth-order valence-corrected chi connectivity index (χ4v) is 1.87. The molecule has 1 amide bonds. The van der Waals surface area contributed by atoms with Crippen LogP contribution in [-0.4, -0.2) is 5.91 Å². The first-order valence-electron chi connectivity index (χ1n) is 5.74. The number of amides is 1. The first kappa shape index (κ1) is 12.7. The predicted molar refractivity (Wildman–Crippen MR) is 75.0 cm³/mol. The highest BCUT2D eigenvalue weighted by Gasteiger charge is 2.04. The molecule has 0 bridgehead atoms. The summed E-state index contributed by atoms with van der Waals surface area (Å²) >= 11 is 5.78. The molecule has 2 rings (SSSR count). The van der Waals surface area contributed by atoms with Crippen LogP contribution in [0.4, 0.5) is 5.69 Å². The zero-order valence-corrected chi connectivity index (χ0v) is 10.9. The Morgan fingerprint density at radius 3 is 2.56 bits per heavy atom. The summed E-state index contributed by atoms with van der Waals surface area (Å²) in [5.74, 6) is -0.0251. The fraction of sp³-hybridized carbons (Fsp3) is 0.133. The van der Waals surface area contributed by atoms with Crippen molar-refractivity contribution in [1.29, 1.82) is 0 Å². The van der Waals surface area contributed by atoms with Crippen molar-refractivity contribution >= 4 is 23.2 Å². The van der Waals surface area contributed by atoms with Crippen molar-refractivity contribution in [1.82, 2.24) is 0 Å². The molecule has 0 spiro atoms. The van der Waals surface area contributed by atoms with Gasteiger partial charge in [-0.2, -0.15) is 0 Å². The summed E-state index contributed by atoms with van der Waals surface area (Å²) in [5.41, 5.74) is 2.94. The molecule has 0 radical (unpaired) electrons. The molecule has 1 N–H and O–H groups in total. The van der Waals surface area contributed by atoms with Gasteiger partial charge in [-0.1, -0.05) is 41.4 Å². The second-order valence-corrected chi connectivity index (χ2v) is 4.66. The maximum absolute atomic E-state index is 11.8. The van der Waals surface area contributed by atoms with Crippen LogP contribution in [-0.2, 0) is 11.2 Å². The highest BCUT2D eigenvalue weighted by Crippen LogP contribution is 2.14. The highest BCUT2D eigenvalue weighted by molar-refractivity contribution is 6.30. The van der Waals surface area contributed by atoms with E-state index in [-0.39, 0.29) is 5.91 Å². The second-order valence-electron chi connectivity index (χ2n) is 4.22. The van der Waals surface area contributed by atoms with Crippen molar-refractivity contribution in [3.63, 3.8) is 0 Å². The lowest BCUT2D eigenvalue weighted by atomic mass is 10.1. The molecule has 2 nitrogen and oxygen atoms in total. The number of hydrogen-bond acceptors (Lipinski definition) is 1. The SMILES string of the molecule is Cc1cccc(CC(=O)Nc2ccc(Cl)cc2)c1. The largest absolute Gasteiger partial charge is 0.326 e. The Morgan fingerprint density at radius 1 is 1.17 bits per heavy atom. The molecule has 18 heavy (non-hydrogen) atoms. The summed E-state index contributed by atoms with van der Waals surface area (Å²) in [4.78, 5) is 11.8. The van der Waals surface area contributed by atoms with Crippen LogP contribution in [0.1, 0.15) is 11.1 Å². The van der Waals surface area contributed by atoms with E-state index in [0.717, 1.165) is 16.8 Å². The molecule has 0 heterocycles. The normalized spacial score (nSPS) is 10.1. The van der Waals surface area contributed by atoms with Crippen molar-refractivity contribution < 1.29 is 4.79 Å². The van der Waals surface area contributed by atoms with Gasteiger partial charge in [0.2, 0.25) is 5.91 Å². The van der Waals surface area contributed by atoms with E-state index in [9.17, 15) is 4.79 Å². The summed E-state index contributed by atoms with van der Waals surface area (Å²) in [7, 11) is 0. The lowest BCUT2D eigenvalue weighted by Gasteiger charge is -2.06. The summed E-state index contributed by atoms with van der Waals surface area (Å²) in [5, 5.41) is 3.50.